The minimum absolute atomic E-state index is 0.00305. The number of allylic oxidation sites excluding steroid dienone is 1. The highest BCUT2D eigenvalue weighted by atomic mass is 19.4. The fourth-order valence-corrected chi connectivity index (χ4v) is 3.03. The Morgan fingerprint density at radius 2 is 1.76 bits per heavy atom. The standard InChI is InChI=1S/C23H17F3N2O6/c24-23(25,26)18-13-16(28(32)33)8-11-20(18)34-17-9-6-14(7-10-17)12-19(22(30)31)27-21(29)15-4-2-1-3-5-15/h1-12,16H,13H2,(H,27,29)(H,30,31). The molecular formula is C23H17F3N2O6. The van der Waals surface area contributed by atoms with E-state index < -0.39 is 52.5 Å². The van der Waals surface area contributed by atoms with Crippen LogP contribution in [0.25, 0.3) is 6.08 Å². The summed E-state index contributed by atoms with van der Waals surface area (Å²) in [5.74, 6) is -2.58. The van der Waals surface area contributed by atoms with Gasteiger partial charge >= 0.3 is 12.1 Å². The van der Waals surface area contributed by atoms with Crippen molar-refractivity contribution in [1.29, 1.82) is 0 Å². The van der Waals surface area contributed by atoms with Crippen LogP contribution < -0.4 is 10.1 Å². The SMILES string of the molecule is O=C(O)C(=Cc1ccc(OC2=C(C(F)(F)F)CC([N+](=O)[O-])C=C2)cc1)NC(=O)c1ccccc1. The third kappa shape index (κ3) is 6.09. The predicted octanol–water partition coefficient (Wildman–Crippen LogP) is 4.34. The number of ether oxygens (including phenoxy) is 1. The molecule has 34 heavy (non-hydrogen) atoms. The Morgan fingerprint density at radius 1 is 1.12 bits per heavy atom. The van der Waals surface area contributed by atoms with E-state index in [0.29, 0.717) is 5.56 Å². The molecule has 11 heteroatoms. The summed E-state index contributed by atoms with van der Waals surface area (Å²) in [7, 11) is 0. The first-order valence-corrected chi connectivity index (χ1v) is 9.76. The Hall–Kier alpha value is -4.41. The molecule has 0 radical (unpaired) electrons. The lowest BCUT2D eigenvalue weighted by molar-refractivity contribution is -0.509. The Labute approximate surface area is 190 Å². The number of benzene rings is 2. The second-order valence-corrected chi connectivity index (χ2v) is 7.11. The van der Waals surface area contributed by atoms with Gasteiger partial charge in [0.25, 0.3) is 5.91 Å². The van der Waals surface area contributed by atoms with E-state index in [2.05, 4.69) is 5.32 Å². The summed E-state index contributed by atoms with van der Waals surface area (Å²) in [5, 5.41) is 22.5. The summed E-state index contributed by atoms with van der Waals surface area (Å²) in [6, 6.07) is 11.8. The number of rotatable bonds is 7. The zero-order chi connectivity index (χ0) is 24.9. The number of carbonyl (C=O) groups is 2. The fraction of sp³-hybridized carbons (Fsp3) is 0.130. The van der Waals surface area contributed by atoms with E-state index in [-0.39, 0.29) is 11.3 Å². The van der Waals surface area contributed by atoms with Crippen LogP contribution in [0.1, 0.15) is 22.3 Å². The van der Waals surface area contributed by atoms with E-state index in [1.54, 1.807) is 18.2 Å². The zero-order valence-corrected chi connectivity index (χ0v) is 17.3. The highest BCUT2D eigenvalue weighted by molar-refractivity contribution is 6.02. The molecule has 1 aliphatic rings. The minimum Gasteiger partial charge on any atom is -0.477 e. The number of amides is 1. The molecule has 0 aliphatic heterocycles. The lowest BCUT2D eigenvalue weighted by Gasteiger charge is -2.20. The van der Waals surface area contributed by atoms with Gasteiger partial charge in [0.15, 0.2) is 0 Å². The van der Waals surface area contributed by atoms with E-state index >= 15 is 0 Å². The number of nitrogens with zero attached hydrogens (tertiary/aromatic N) is 1. The molecule has 0 heterocycles. The van der Waals surface area contributed by atoms with E-state index in [4.69, 9.17) is 4.74 Å². The van der Waals surface area contributed by atoms with Crippen LogP contribution >= 0.6 is 0 Å². The summed E-state index contributed by atoms with van der Waals surface area (Å²) < 4.78 is 45.3. The van der Waals surface area contributed by atoms with Crippen LogP contribution in [0.5, 0.6) is 5.75 Å². The van der Waals surface area contributed by atoms with Gasteiger partial charge in [-0.05, 0) is 48.1 Å². The average Bonchev–Trinajstić information content (AvgIpc) is 2.79. The van der Waals surface area contributed by atoms with E-state index in [1.807, 2.05) is 0 Å². The number of carbonyl (C=O) groups excluding carboxylic acids is 1. The van der Waals surface area contributed by atoms with Crippen molar-refractivity contribution < 1.29 is 37.5 Å². The predicted molar refractivity (Wildman–Crippen MR) is 114 cm³/mol. The summed E-state index contributed by atoms with van der Waals surface area (Å²) in [5.41, 5.74) is -0.981. The number of halogens is 3. The summed E-state index contributed by atoms with van der Waals surface area (Å²) in [4.78, 5) is 33.8. The Balaban J connectivity index is 1.79. The van der Waals surface area contributed by atoms with Crippen LogP contribution in [0.3, 0.4) is 0 Å². The molecule has 2 aromatic rings. The maximum atomic E-state index is 13.3. The molecule has 1 aliphatic carbocycles. The first-order chi connectivity index (χ1) is 16.0. The lowest BCUT2D eigenvalue weighted by atomic mass is 9.99. The van der Waals surface area contributed by atoms with Gasteiger partial charge in [0.05, 0.1) is 12.0 Å². The molecule has 2 aromatic carbocycles. The lowest BCUT2D eigenvalue weighted by Crippen LogP contribution is -2.27. The van der Waals surface area contributed by atoms with Crippen molar-refractivity contribution in [3.63, 3.8) is 0 Å². The van der Waals surface area contributed by atoms with Crippen LogP contribution in [-0.2, 0) is 4.79 Å². The molecule has 1 unspecified atom stereocenters. The van der Waals surface area contributed by atoms with E-state index in [1.165, 1.54) is 42.5 Å². The molecule has 0 aromatic heterocycles. The first kappa shape index (κ1) is 24.2. The van der Waals surface area contributed by atoms with Crippen molar-refractivity contribution in [3.8, 4) is 5.75 Å². The van der Waals surface area contributed by atoms with E-state index in [0.717, 1.165) is 12.2 Å². The molecule has 0 saturated carbocycles. The molecule has 176 valence electrons. The second kappa shape index (κ2) is 10.0. The van der Waals surface area contributed by atoms with Crippen molar-refractivity contribution in [1.82, 2.24) is 5.32 Å². The number of carboxylic acid groups (broad SMARTS) is 1. The zero-order valence-electron chi connectivity index (χ0n) is 17.3. The Kier molecular flexibility index (Phi) is 7.15. The maximum absolute atomic E-state index is 13.3. The molecule has 3 rings (SSSR count). The topological polar surface area (TPSA) is 119 Å². The number of nitro groups is 1. The number of hydrogen-bond donors (Lipinski definition) is 2. The average molecular weight is 474 g/mol. The van der Waals surface area contributed by atoms with Crippen LogP contribution in [0.2, 0.25) is 0 Å². The highest BCUT2D eigenvalue weighted by Crippen LogP contribution is 2.36. The smallest absolute Gasteiger partial charge is 0.416 e. The van der Waals surface area contributed by atoms with Crippen molar-refractivity contribution >= 4 is 18.0 Å². The molecule has 0 bridgehead atoms. The first-order valence-electron chi connectivity index (χ1n) is 9.76. The van der Waals surface area contributed by atoms with Gasteiger partial charge in [0.1, 0.15) is 17.2 Å². The third-order valence-corrected chi connectivity index (χ3v) is 4.73. The molecule has 0 fully saturated rings. The number of nitrogens with one attached hydrogen (secondary N) is 1. The maximum Gasteiger partial charge on any atom is 0.416 e. The number of carboxylic acids is 1. The van der Waals surface area contributed by atoms with Crippen molar-refractivity contribution in [2.75, 3.05) is 0 Å². The quantitative estimate of drug-likeness (QED) is 0.350. The van der Waals surface area contributed by atoms with Crippen molar-refractivity contribution in [2.24, 2.45) is 0 Å². The van der Waals surface area contributed by atoms with Gasteiger partial charge < -0.3 is 15.2 Å². The second-order valence-electron chi connectivity index (χ2n) is 7.11. The van der Waals surface area contributed by atoms with Gasteiger partial charge in [-0.3, -0.25) is 14.9 Å². The molecule has 1 amide bonds. The molecular weight excluding hydrogens is 457 g/mol. The van der Waals surface area contributed by atoms with Crippen LogP contribution in [-0.4, -0.2) is 34.1 Å². The molecule has 2 N–H and O–H groups in total. The number of hydrogen-bond acceptors (Lipinski definition) is 5. The largest absolute Gasteiger partial charge is 0.477 e. The Bertz CT molecular complexity index is 1190. The molecule has 0 saturated heterocycles. The van der Waals surface area contributed by atoms with E-state index in [9.17, 15) is 38.0 Å². The van der Waals surface area contributed by atoms with Crippen LogP contribution in [0.4, 0.5) is 13.2 Å². The normalized spacial score (nSPS) is 16.2. The molecule has 8 nitrogen and oxygen atoms in total. The van der Waals surface area contributed by atoms with Gasteiger partial charge in [-0.1, -0.05) is 30.3 Å². The summed E-state index contributed by atoms with van der Waals surface area (Å²) in [6.07, 6.45) is -2.56. The number of aliphatic carboxylic acids is 1. The monoisotopic (exact) mass is 474 g/mol. The van der Waals surface area contributed by atoms with Crippen molar-refractivity contribution in [3.05, 3.63) is 105 Å². The number of alkyl halides is 3. The van der Waals surface area contributed by atoms with Gasteiger partial charge in [-0.25, -0.2) is 4.79 Å². The third-order valence-electron chi connectivity index (χ3n) is 4.73. The fourth-order valence-electron chi connectivity index (χ4n) is 3.03. The van der Waals surface area contributed by atoms with Crippen LogP contribution in [0.15, 0.2) is 83.8 Å². The van der Waals surface area contributed by atoms with Gasteiger partial charge in [0, 0.05) is 10.5 Å². The van der Waals surface area contributed by atoms with Crippen molar-refractivity contribution in [2.45, 2.75) is 18.6 Å². The van der Waals surface area contributed by atoms with Gasteiger partial charge in [-0.2, -0.15) is 13.2 Å². The van der Waals surface area contributed by atoms with Crippen LogP contribution in [0, 0.1) is 10.1 Å². The Morgan fingerprint density at radius 3 is 2.32 bits per heavy atom. The van der Waals surface area contributed by atoms with Gasteiger partial charge in [-0.15, -0.1) is 0 Å². The minimum atomic E-state index is -4.82. The molecule has 1 atom stereocenters. The summed E-state index contributed by atoms with van der Waals surface area (Å²) >= 11 is 0. The highest BCUT2D eigenvalue weighted by Gasteiger charge is 2.42. The van der Waals surface area contributed by atoms with Gasteiger partial charge in [0.2, 0.25) is 6.04 Å². The molecule has 0 spiro atoms. The summed E-state index contributed by atoms with van der Waals surface area (Å²) in [6.45, 7) is 0.